The molecule has 1 aromatic rings. The molecule has 0 unspecified atom stereocenters. The maximum atomic E-state index is 5.40. The van der Waals surface area contributed by atoms with Crippen LogP contribution in [0.25, 0.3) is 0 Å². The van der Waals surface area contributed by atoms with E-state index in [1.165, 1.54) is 0 Å². The van der Waals surface area contributed by atoms with Crippen molar-refractivity contribution < 1.29 is 4.74 Å². The smallest absolute Gasteiger partial charge is 0.181 e. The molecule has 1 heterocycles. The fourth-order valence-corrected chi connectivity index (χ4v) is 1.57. The van der Waals surface area contributed by atoms with Gasteiger partial charge in [-0.15, -0.1) is 0 Å². The maximum Gasteiger partial charge on any atom is 0.181 e. The summed E-state index contributed by atoms with van der Waals surface area (Å²) in [5, 5.41) is 0.537. The van der Waals surface area contributed by atoms with Gasteiger partial charge < -0.3 is 9.64 Å². The van der Waals surface area contributed by atoms with Crippen molar-refractivity contribution in [3.8, 4) is 5.75 Å². The van der Waals surface area contributed by atoms with Gasteiger partial charge in [0.1, 0.15) is 5.75 Å². The van der Waals surface area contributed by atoms with Gasteiger partial charge in [0.25, 0.3) is 0 Å². The molecule has 0 aliphatic carbocycles. The SMILES string of the molecule is CN(C)CC(=S)Oc1cncc(Br)c1. The second kappa shape index (κ2) is 5.38. The highest BCUT2D eigenvalue weighted by Gasteiger charge is 2.02. The minimum atomic E-state index is 0.537. The van der Waals surface area contributed by atoms with Crippen LogP contribution < -0.4 is 4.74 Å². The van der Waals surface area contributed by atoms with Gasteiger partial charge in [0.15, 0.2) is 5.05 Å². The molecular weight excluding hydrogens is 264 g/mol. The molecule has 14 heavy (non-hydrogen) atoms. The average molecular weight is 275 g/mol. The monoisotopic (exact) mass is 274 g/mol. The van der Waals surface area contributed by atoms with Crippen molar-refractivity contribution in [3.63, 3.8) is 0 Å². The van der Waals surface area contributed by atoms with Crippen LogP contribution in [0.1, 0.15) is 0 Å². The fraction of sp³-hybridized carbons (Fsp3) is 0.333. The molecule has 0 amide bonds. The summed E-state index contributed by atoms with van der Waals surface area (Å²) in [6, 6.07) is 1.83. The lowest BCUT2D eigenvalue weighted by Gasteiger charge is -2.11. The normalized spacial score (nSPS) is 10.3. The van der Waals surface area contributed by atoms with E-state index in [2.05, 4.69) is 20.9 Å². The Bertz CT molecular complexity index is 330. The van der Waals surface area contributed by atoms with Gasteiger partial charge in [-0.1, -0.05) is 0 Å². The largest absolute Gasteiger partial charge is 0.447 e. The fourth-order valence-electron chi connectivity index (χ4n) is 0.870. The molecule has 0 aliphatic heterocycles. The predicted molar refractivity (Wildman–Crippen MR) is 63.7 cm³/mol. The molecule has 0 N–H and O–H groups in total. The molecule has 1 rings (SSSR count). The zero-order chi connectivity index (χ0) is 10.6. The number of halogens is 1. The van der Waals surface area contributed by atoms with Crippen LogP contribution in [0, 0.1) is 0 Å². The van der Waals surface area contributed by atoms with Gasteiger partial charge in [-0.05, 0) is 48.3 Å². The van der Waals surface area contributed by atoms with Crippen LogP contribution in [0.15, 0.2) is 22.9 Å². The van der Waals surface area contributed by atoms with E-state index in [9.17, 15) is 0 Å². The summed E-state index contributed by atoms with van der Waals surface area (Å²) < 4.78 is 6.28. The minimum absolute atomic E-state index is 0.537. The Morgan fingerprint density at radius 2 is 2.29 bits per heavy atom. The molecule has 5 heteroatoms. The predicted octanol–water partition coefficient (Wildman–Crippen LogP) is 2.11. The number of nitrogens with zero attached hydrogens (tertiary/aromatic N) is 2. The third-order valence-electron chi connectivity index (χ3n) is 1.36. The summed E-state index contributed by atoms with van der Waals surface area (Å²) in [5.74, 6) is 0.659. The first kappa shape index (κ1) is 11.6. The lowest BCUT2D eigenvalue weighted by atomic mass is 10.5. The molecule has 1 aromatic heterocycles. The number of likely N-dealkylation sites (N-methyl/N-ethyl adjacent to an activating group) is 1. The first-order valence-corrected chi connectivity index (χ1v) is 5.24. The van der Waals surface area contributed by atoms with Crippen LogP contribution in [0.4, 0.5) is 0 Å². The molecule has 0 atom stereocenters. The van der Waals surface area contributed by atoms with Gasteiger partial charge in [0, 0.05) is 10.7 Å². The van der Waals surface area contributed by atoms with E-state index in [0.29, 0.717) is 17.3 Å². The number of ether oxygens (including phenoxy) is 1. The second-order valence-electron chi connectivity index (χ2n) is 3.05. The zero-order valence-corrected chi connectivity index (χ0v) is 10.4. The van der Waals surface area contributed by atoms with E-state index in [0.717, 1.165) is 4.47 Å². The first-order valence-electron chi connectivity index (χ1n) is 4.04. The van der Waals surface area contributed by atoms with E-state index in [1.54, 1.807) is 12.4 Å². The zero-order valence-electron chi connectivity index (χ0n) is 8.03. The van der Waals surface area contributed by atoms with Gasteiger partial charge in [0.05, 0.1) is 12.7 Å². The van der Waals surface area contributed by atoms with Gasteiger partial charge in [-0.2, -0.15) is 0 Å². The quantitative estimate of drug-likeness (QED) is 0.789. The van der Waals surface area contributed by atoms with E-state index < -0.39 is 0 Å². The van der Waals surface area contributed by atoms with Crippen molar-refractivity contribution in [2.75, 3.05) is 20.6 Å². The summed E-state index contributed by atoms with van der Waals surface area (Å²) >= 11 is 8.36. The third-order valence-corrected chi connectivity index (χ3v) is 2.00. The summed E-state index contributed by atoms with van der Waals surface area (Å²) in [5.41, 5.74) is 0. The molecule has 0 bridgehead atoms. The van der Waals surface area contributed by atoms with Gasteiger partial charge in [-0.25, -0.2) is 0 Å². The Balaban J connectivity index is 2.56. The van der Waals surface area contributed by atoms with E-state index in [4.69, 9.17) is 17.0 Å². The van der Waals surface area contributed by atoms with Crippen molar-refractivity contribution in [2.24, 2.45) is 0 Å². The number of hydrogen-bond acceptors (Lipinski definition) is 4. The Morgan fingerprint density at radius 1 is 1.57 bits per heavy atom. The van der Waals surface area contributed by atoms with Gasteiger partial charge in [-0.3, -0.25) is 4.98 Å². The lowest BCUT2D eigenvalue weighted by molar-refractivity contribution is 0.432. The Kier molecular flexibility index (Phi) is 4.44. The molecule has 0 radical (unpaired) electrons. The Labute approximate surface area is 97.2 Å². The minimum Gasteiger partial charge on any atom is -0.447 e. The number of rotatable bonds is 3. The Morgan fingerprint density at radius 3 is 2.86 bits per heavy atom. The van der Waals surface area contributed by atoms with Gasteiger partial charge >= 0.3 is 0 Å². The summed E-state index contributed by atoms with van der Waals surface area (Å²) in [6.45, 7) is 0.627. The highest BCUT2D eigenvalue weighted by Crippen LogP contribution is 2.16. The highest BCUT2D eigenvalue weighted by atomic mass is 79.9. The Hall–Kier alpha value is -0.520. The van der Waals surface area contributed by atoms with Crippen molar-refractivity contribution in [3.05, 3.63) is 22.9 Å². The van der Waals surface area contributed by atoms with Crippen molar-refractivity contribution in [2.45, 2.75) is 0 Å². The maximum absolute atomic E-state index is 5.40. The summed E-state index contributed by atoms with van der Waals surface area (Å²) in [6.07, 6.45) is 3.33. The molecule has 3 nitrogen and oxygen atoms in total. The number of hydrogen-bond donors (Lipinski definition) is 0. The van der Waals surface area contributed by atoms with E-state index in [-0.39, 0.29) is 0 Å². The van der Waals surface area contributed by atoms with Crippen LogP contribution >= 0.6 is 28.1 Å². The molecule has 0 spiro atoms. The molecular formula is C9H11BrN2OS. The molecule has 0 saturated carbocycles. The van der Waals surface area contributed by atoms with E-state index in [1.807, 2.05) is 25.1 Å². The van der Waals surface area contributed by atoms with Crippen LogP contribution in [0.3, 0.4) is 0 Å². The number of aromatic nitrogens is 1. The molecule has 0 fully saturated rings. The van der Waals surface area contributed by atoms with Crippen molar-refractivity contribution in [1.29, 1.82) is 0 Å². The molecule has 0 saturated heterocycles. The number of pyridine rings is 1. The standard InChI is InChI=1S/C9H11BrN2OS/c1-12(2)6-9(14)13-8-3-7(10)4-11-5-8/h3-5H,6H2,1-2H3. The average Bonchev–Trinajstić information content (AvgIpc) is 2.01. The van der Waals surface area contributed by atoms with Crippen LogP contribution in [-0.4, -0.2) is 35.6 Å². The third kappa shape index (κ3) is 4.13. The summed E-state index contributed by atoms with van der Waals surface area (Å²) in [4.78, 5) is 5.92. The highest BCUT2D eigenvalue weighted by molar-refractivity contribution is 9.10. The topological polar surface area (TPSA) is 25.4 Å². The van der Waals surface area contributed by atoms with Crippen LogP contribution in [0.2, 0.25) is 0 Å². The van der Waals surface area contributed by atoms with Crippen molar-refractivity contribution in [1.82, 2.24) is 9.88 Å². The molecule has 0 aromatic carbocycles. The molecule has 76 valence electrons. The second-order valence-corrected chi connectivity index (χ2v) is 4.42. The van der Waals surface area contributed by atoms with Gasteiger partial charge in [0.2, 0.25) is 0 Å². The first-order chi connectivity index (χ1) is 6.58. The number of thiocarbonyl (C=S) groups is 1. The summed E-state index contributed by atoms with van der Waals surface area (Å²) in [7, 11) is 3.88. The van der Waals surface area contributed by atoms with Crippen LogP contribution in [0.5, 0.6) is 5.75 Å². The lowest BCUT2D eigenvalue weighted by Crippen LogP contribution is -2.24. The van der Waals surface area contributed by atoms with Crippen molar-refractivity contribution >= 4 is 33.2 Å². The van der Waals surface area contributed by atoms with Crippen LogP contribution in [-0.2, 0) is 0 Å². The molecule has 0 aliphatic rings. The van der Waals surface area contributed by atoms with E-state index >= 15 is 0 Å².